The number of carbonyl (C=O) groups is 1. The van der Waals surface area contributed by atoms with Crippen molar-refractivity contribution in [3.63, 3.8) is 0 Å². The van der Waals surface area contributed by atoms with Crippen molar-refractivity contribution >= 4 is 5.91 Å². The highest BCUT2D eigenvalue weighted by atomic mass is 16.3. The van der Waals surface area contributed by atoms with E-state index in [1.54, 1.807) is 0 Å². The van der Waals surface area contributed by atoms with Gasteiger partial charge in [-0.2, -0.15) is 0 Å². The van der Waals surface area contributed by atoms with Crippen LogP contribution in [0, 0.1) is 5.41 Å². The molecule has 0 bridgehead atoms. The average Bonchev–Trinajstić information content (AvgIpc) is 2.63. The normalized spacial score (nSPS) is 23.4. The van der Waals surface area contributed by atoms with Gasteiger partial charge in [-0.3, -0.25) is 4.79 Å². The van der Waals surface area contributed by atoms with E-state index in [1.807, 2.05) is 25.1 Å². The Labute approximate surface area is 150 Å². The van der Waals surface area contributed by atoms with Gasteiger partial charge in [0.1, 0.15) is 0 Å². The van der Waals surface area contributed by atoms with Crippen LogP contribution in [0.2, 0.25) is 0 Å². The second kappa shape index (κ2) is 9.32. The summed E-state index contributed by atoms with van der Waals surface area (Å²) in [6.07, 6.45) is 6.26. The molecule has 0 saturated heterocycles. The molecule has 1 amide bonds. The fourth-order valence-electron chi connectivity index (χ4n) is 3.52. The number of nitrogens with two attached hydrogens (primary N) is 1. The van der Waals surface area contributed by atoms with Crippen LogP contribution in [-0.2, 0) is 24.4 Å². The topological polar surface area (TPSA) is 95.6 Å². The number of benzene rings is 1. The average molecular weight is 348 g/mol. The Bertz CT molecular complexity index is 566. The van der Waals surface area contributed by atoms with Gasteiger partial charge in [-0.15, -0.1) is 0 Å². The highest BCUT2D eigenvalue weighted by Gasteiger charge is 2.36. The van der Waals surface area contributed by atoms with Gasteiger partial charge in [0.15, 0.2) is 0 Å². The molecule has 5 nitrogen and oxygen atoms in total. The molecule has 0 aliphatic heterocycles. The zero-order chi connectivity index (χ0) is 18.3. The van der Waals surface area contributed by atoms with E-state index in [2.05, 4.69) is 5.32 Å². The first-order valence-corrected chi connectivity index (χ1v) is 9.35. The van der Waals surface area contributed by atoms with Gasteiger partial charge in [0.2, 0.25) is 5.91 Å². The molecule has 0 heterocycles. The predicted molar refractivity (Wildman–Crippen MR) is 98.8 cm³/mol. The van der Waals surface area contributed by atoms with Crippen LogP contribution in [0.1, 0.15) is 62.1 Å². The fourth-order valence-corrected chi connectivity index (χ4v) is 3.52. The summed E-state index contributed by atoms with van der Waals surface area (Å²) in [6.45, 7) is 2.74. The summed E-state index contributed by atoms with van der Waals surface area (Å²) in [5.41, 5.74) is 8.51. The van der Waals surface area contributed by atoms with Crippen LogP contribution in [0.15, 0.2) is 18.2 Å². The largest absolute Gasteiger partial charge is 0.392 e. The molecule has 1 saturated carbocycles. The lowest BCUT2D eigenvalue weighted by atomic mass is 9.73. The lowest BCUT2D eigenvalue weighted by Gasteiger charge is -2.34. The summed E-state index contributed by atoms with van der Waals surface area (Å²) in [4.78, 5) is 12.4. The van der Waals surface area contributed by atoms with E-state index in [0.29, 0.717) is 6.54 Å². The number of rotatable bonds is 8. The second-order valence-corrected chi connectivity index (χ2v) is 7.53. The molecule has 5 heteroatoms. The minimum atomic E-state index is -0.268. The van der Waals surface area contributed by atoms with Crippen LogP contribution in [0.5, 0.6) is 0 Å². The van der Waals surface area contributed by atoms with Crippen LogP contribution in [0.3, 0.4) is 0 Å². The minimum Gasteiger partial charge on any atom is -0.392 e. The number of aryl methyl sites for hydroxylation is 1. The molecule has 25 heavy (non-hydrogen) atoms. The number of amides is 1. The molecular weight excluding hydrogens is 316 g/mol. The fraction of sp³-hybridized carbons (Fsp3) is 0.650. The number of aliphatic hydroxyl groups is 2. The van der Waals surface area contributed by atoms with Crippen molar-refractivity contribution in [3.8, 4) is 0 Å². The van der Waals surface area contributed by atoms with Gasteiger partial charge in [0.05, 0.1) is 13.2 Å². The third-order valence-corrected chi connectivity index (χ3v) is 5.46. The standard InChI is InChI=1S/C20H32N2O3/c1-20(9-7-18(21)8-10-20)19(25)22-11-3-2-4-16-12-15(13-23)5-6-17(16)14-24/h5-6,12,18,23-24H,2-4,7-11,13-14,21H2,1H3,(H,22,25). The summed E-state index contributed by atoms with van der Waals surface area (Å²) in [5, 5.41) is 21.7. The van der Waals surface area contributed by atoms with Crippen molar-refractivity contribution < 1.29 is 15.0 Å². The van der Waals surface area contributed by atoms with Crippen LogP contribution in [0.25, 0.3) is 0 Å². The molecule has 140 valence electrons. The van der Waals surface area contributed by atoms with E-state index in [4.69, 9.17) is 5.73 Å². The highest BCUT2D eigenvalue weighted by molar-refractivity contribution is 5.82. The Balaban J connectivity index is 1.74. The Morgan fingerprint density at radius 3 is 2.56 bits per heavy atom. The Kier molecular flexibility index (Phi) is 7.41. The van der Waals surface area contributed by atoms with Crippen molar-refractivity contribution in [2.75, 3.05) is 6.54 Å². The van der Waals surface area contributed by atoms with Crippen LogP contribution in [0.4, 0.5) is 0 Å². The van der Waals surface area contributed by atoms with E-state index in [1.165, 1.54) is 0 Å². The summed E-state index contributed by atoms with van der Waals surface area (Å²) >= 11 is 0. The Morgan fingerprint density at radius 2 is 1.92 bits per heavy atom. The lowest BCUT2D eigenvalue weighted by Crippen LogP contribution is -2.43. The summed E-state index contributed by atoms with van der Waals surface area (Å²) < 4.78 is 0. The van der Waals surface area contributed by atoms with Crippen molar-refractivity contribution in [1.29, 1.82) is 0 Å². The van der Waals surface area contributed by atoms with Crippen molar-refractivity contribution in [2.24, 2.45) is 11.1 Å². The molecule has 0 atom stereocenters. The molecular formula is C20H32N2O3. The zero-order valence-corrected chi connectivity index (χ0v) is 15.3. The Hall–Kier alpha value is -1.43. The number of unbranched alkanes of at least 4 members (excludes halogenated alkanes) is 1. The molecule has 1 aromatic rings. The lowest BCUT2D eigenvalue weighted by molar-refractivity contribution is -0.132. The van der Waals surface area contributed by atoms with Gasteiger partial charge in [0, 0.05) is 18.0 Å². The van der Waals surface area contributed by atoms with Crippen LogP contribution >= 0.6 is 0 Å². The number of nitrogens with one attached hydrogen (secondary N) is 1. The third-order valence-electron chi connectivity index (χ3n) is 5.46. The molecule has 0 unspecified atom stereocenters. The van der Waals surface area contributed by atoms with E-state index in [9.17, 15) is 15.0 Å². The molecule has 1 aromatic carbocycles. The van der Waals surface area contributed by atoms with E-state index in [0.717, 1.165) is 61.6 Å². The van der Waals surface area contributed by atoms with Gasteiger partial charge >= 0.3 is 0 Å². The van der Waals surface area contributed by atoms with Crippen molar-refractivity contribution in [1.82, 2.24) is 5.32 Å². The van der Waals surface area contributed by atoms with Gasteiger partial charge in [0.25, 0.3) is 0 Å². The molecule has 0 spiro atoms. The van der Waals surface area contributed by atoms with Gasteiger partial charge in [-0.25, -0.2) is 0 Å². The van der Waals surface area contributed by atoms with Crippen molar-refractivity contribution in [3.05, 3.63) is 34.9 Å². The minimum absolute atomic E-state index is 0.0109. The maximum atomic E-state index is 12.4. The monoisotopic (exact) mass is 348 g/mol. The Morgan fingerprint density at radius 1 is 1.20 bits per heavy atom. The molecule has 0 aromatic heterocycles. The molecule has 0 radical (unpaired) electrons. The SMILES string of the molecule is CC1(C(=O)NCCCCc2cc(CO)ccc2CO)CCC(N)CC1. The third kappa shape index (κ3) is 5.53. The smallest absolute Gasteiger partial charge is 0.225 e. The quantitative estimate of drug-likeness (QED) is 0.541. The van der Waals surface area contributed by atoms with Crippen LogP contribution < -0.4 is 11.1 Å². The number of hydrogen-bond acceptors (Lipinski definition) is 4. The molecule has 5 N–H and O–H groups in total. The summed E-state index contributed by atoms with van der Waals surface area (Å²) in [5.74, 6) is 0.151. The molecule has 2 rings (SSSR count). The summed E-state index contributed by atoms with van der Waals surface area (Å²) in [6, 6.07) is 5.91. The molecule has 1 aliphatic carbocycles. The highest BCUT2D eigenvalue weighted by Crippen LogP contribution is 2.35. The van der Waals surface area contributed by atoms with Gasteiger partial charge in [-0.1, -0.05) is 25.1 Å². The maximum Gasteiger partial charge on any atom is 0.225 e. The first-order valence-electron chi connectivity index (χ1n) is 9.35. The zero-order valence-electron chi connectivity index (χ0n) is 15.3. The van der Waals surface area contributed by atoms with E-state index < -0.39 is 0 Å². The number of carbonyl (C=O) groups excluding carboxylic acids is 1. The first kappa shape index (κ1) is 19.9. The van der Waals surface area contributed by atoms with Crippen LogP contribution in [-0.4, -0.2) is 28.7 Å². The number of aliphatic hydroxyl groups excluding tert-OH is 2. The predicted octanol–water partition coefficient (Wildman–Crippen LogP) is 2.02. The number of hydrogen-bond donors (Lipinski definition) is 4. The van der Waals surface area contributed by atoms with Crippen molar-refractivity contribution in [2.45, 2.75) is 71.1 Å². The molecule has 1 aliphatic rings. The van der Waals surface area contributed by atoms with Gasteiger partial charge in [-0.05, 0) is 61.6 Å². The molecule has 1 fully saturated rings. The van der Waals surface area contributed by atoms with E-state index in [-0.39, 0.29) is 30.6 Å². The maximum absolute atomic E-state index is 12.4. The summed E-state index contributed by atoms with van der Waals surface area (Å²) in [7, 11) is 0. The second-order valence-electron chi connectivity index (χ2n) is 7.53. The first-order chi connectivity index (χ1) is 12.0. The van der Waals surface area contributed by atoms with Gasteiger partial charge < -0.3 is 21.3 Å². The van der Waals surface area contributed by atoms with E-state index >= 15 is 0 Å².